The van der Waals surface area contributed by atoms with Crippen LogP contribution in [0.25, 0.3) is 0 Å². The van der Waals surface area contributed by atoms with Gasteiger partial charge in [-0.1, -0.05) is 71.9 Å². The molecule has 1 fully saturated rings. The van der Waals surface area contributed by atoms with E-state index in [1.807, 2.05) is 0 Å². The molecule has 0 spiro atoms. The highest BCUT2D eigenvalue weighted by Crippen LogP contribution is 2.18. The van der Waals surface area contributed by atoms with E-state index in [4.69, 9.17) is 28.7 Å². The average molecular weight is 1170 g/mol. The van der Waals surface area contributed by atoms with Crippen LogP contribution in [0.5, 0.6) is 0 Å². The Labute approximate surface area is 484 Å². The summed E-state index contributed by atoms with van der Waals surface area (Å²) in [5.74, 6) is -11.8. The van der Waals surface area contributed by atoms with Crippen molar-refractivity contribution in [2.75, 3.05) is 19.6 Å². The molecule has 2 rings (SSSR count). The Hall–Kier alpha value is -7.95. The highest BCUT2D eigenvalue weighted by atomic mass is 16.3. The number of benzene rings is 1. The van der Waals surface area contributed by atoms with Crippen molar-refractivity contribution in [2.45, 2.75) is 187 Å². The number of rotatable bonds is 35. The van der Waals surface area contributed by atoms with Crippen LogP contribution in [0.3, 0.4) is 0 Å². The molecule has 464 valence electrons. The zero-order chi connectivity index (χ0) is 62.8. The first-order valence-corrected chi connectivity index (χ1v) is 28.0. The topological polar surface area (TPSA) is 479 Å². The van der Waals surface area contributed by atoms with Crippen LogP contribution in [0.15, 0.2) is 35.3 Å². The molecule has 1 aliphatic heterocycles. The summed E-state index contributed by atoms with van der Waals surface area (Å²) in [7, 11) is 0. The van der Waals surface area contributed by atoms with Gasteiger partial charge >= 0.3 is 0 Å². The number of hydrogen-bond donors (Lipinski definition) is 15. The Bertz CT molecular complexity index is 2440. The number of aliphatic imine (C=N–C) groups is 1. The van der Waals surface area contributed by atoms with Crippen LogP contribution < -0.4 is 76.5 Å². The quantitative estimate of drug-likeness (QED) is 0.0173. The van der Waals surface area contributed by atoms with Gasteiger partial charge in [-0.2, -0.15) is 0 Å². The fraction of sp³-hybridized carbons (Fsp3) is 0.648. The fourth-order valence-corrected chi connectivity index (χ4v) is 8.90. The number of nitrogens with zero attached hydrogens (tertiary/aromatic N) is 2. The van der Waals surface area contributed by atoms with Crippen LogP contribution in [0.1, 0.15) is 119 Å². The molecule has 20 N–H and O–H groups in total. The number of carbonyl (C=O) groups excluding carboxylic acids is 12. The van der Waals surface area contributed by atoms with Crippen molar-refractivity contribution >= 4 is 76.8 Å². The molecule has 0 aromatic heterocycles. The van der Waals surface area contributed by atoms with Crippen molar-refractivity contribution in [1.82, 2.24) is 52.8 Å². The molecule has 1 aromatic rings. The van der Waals surface area contributed by atoms with Gasteiger partial charge in [-0.15, -0.1) is 0 Å². The molecular formula is C54H90N16O13. The molecule has 83 heavy (non-hydrogen) atoms. The number of nitrogens with two attached hydrogens (primary N) is 5. The molecule has 29 nitrogen and oxygen atoms in total. The highest BCUT2D eigenvalue weighted by molar-refractivity contribution is 5.99. The van der Waals surface area contributed by atoms with E-state index in [1.54, 1.807) is 71.9 Å². The van der Waals surface area contributed by atoms with E-state index in [1.165, 1.54) is 25.7 Å². The van der Waals surface area contributed by atoms with Gasteiger partial charge in [0.25, 0.3) is 0 Å². The number of carbonyl (C=O) groups is 12. The fourth-order valence-electron chi connectivity index (χ4n) is 8.90. The van der Waals surface area contributed by atoms with Crippen LogP contribution in [-0.4, -0.2) is 173 Å². The summed E-state index contributed by atoms with van der Waals surface area (Å²) in [6.07, 6.45) is -0.662. The van der Waals surface area contributed by atoms with Crippen molar-refractivity contribution in [3.8, 4) is 0 Å². The van der Waals surface area contributed by atoms with E-state index in [2.05, 4.69) is 52.8 Å². The second kappa shape index (κ2) is 35.1. The Balaban J connectivity index is 2.40. The molecule has 0 aliphatic carbocycles. The molecule has 12 amide bonds. The Kier molecular flexibility index (Phi) is 30.1. The van der Waals surface area contributed by atoms with Gasteiger partial charge in [-0.3, -0.25) is 62.5 Å². The minimum Gasteiger partial charge on any atom is -0.391 e. The maximum atomic E-state index is 14.4. The molecule has 29 heteroatoms. The molecular weight excluding hydrogens is 1080 g/mol. The molecule has 11 atom stereocenters. The summed E-state index contributed by atoms with van der Waals surface area (Å²) in [5, 5.41) is 34.2. The molecule has 0 radical (unpaired) electrons. The van der Waals surface area contributed by atoms with Gasteiger partial charge in [0.1, 0.15) is 60.4 Å². The van der Waals surface area contributed by atoms with Gasteiger partial charge in [0.15, 0.2) is 5.96 Å². The minimum atomic E-state index is -1.77. The van der Waals surface area contributed by atoms with Gasteiger partial charge in [0.2, 0.25) is 70.9 Å². The third-order valence-electron chi connectivity index (χ3n) is 13.7. The lowest BCUT2D eigenvalue weighted by atomic mass is 9.98. The van der Waals surface area contributed by atoms with Gasteiger partial charge in [0, 0.05) is 26.4 Å². The van der Waals surface area contributed by atoms with Crippen LogP contribution in [0.2, 0.25) is 0 Å². The number of aliphatic hydroxyl groups is 1. The van der Waals surface area contributed by atoms with E-state index >= 15 is 0 Å². The molecule has 1 saturated heterocycles. The lowest BCUT2D eigenvalue weighted by molar-refractivity contribution is -0.138. The van der Waals surface area contributed by atoms with Gasteiger partial charge in [0.05, 0.1) is 12.5 Å². The van der Waals surface area contributed by atoms with Crippen molar-refractivity contribution in [3.63, 3.8) is 0 Å². The Morgan fingerprint density at radius 2 is 1.01 bits per heavy atom. The molecule has 0 bridgehead atoms. The standard InChI is InChI=1S/C54H90N16O13/c1-27(2)40(68-51(81)41(28(3)4)66-45(75)30(7)61-49(79)38-21-16-24-70(38)32(9)72)50(80)65-37(25-33-17-11-10-12-18-33)48(78)67-42(29(5)6)52(82)69-43(31(8)71)53(83)63-35(20-15-23-60-54(58)59)46(76)62-34(19-13-14-22-55)47(77)64-36(44(57)74)26-39(56)73/h10-12,17-18,27-31,34-38,40-43,71H,13-16,19-26,55H2,1-9H3,(H2,56,73)(H2,57,74)(H,61,79)(H,62,76)(H,63,83)(H,64,77)(H,65,80)(H,66,75)(H,67,78)(H,68,81)(H,69,82)(H4,58,59,60). The van der Waals surface area contributed by atoms with Crippen molar-refractivity contribution in [3.05, 3.63) is 35.9 Å². The van der Waals surface area contributed by atoms with E-state index < -0.39 is 156 Å². The number of nitrogens with one attached hydrogen (secondary N) is 9. The Morgan fingerprint density at radius 1 is 0.566 bits per heavy atom. The monoisotopic (exact) mass is 1170 g/mol. The first-order valence-electron chi connectivity index (χ1n) is 28.0. The smallest absolute Gasteiger partial charge is 0.245 e. The van der Waals surface area contributed by atoms with E-state index in [0.717, 1.165) is 0 Å². The van der Waals surface area contributed by atoms with Gasteiger partial charge in [-0.05, 0) is 88.7 Å². The summed E-state index contributed by atoms with van der Waals surface area (Å²) in [4.78, 5) is 166. The van der Waals surface area contributed by atoms with Crippen LogP contribution in [0.4, 0.5) is 0 Å². The largest absolute Gasteiger partial charge is 0.391 e. The molecule has 11 unspecified atom stereocenters. The number of likely N-dealkylation sites (tertiary alicyclic amines) is 1. The number of primary amides is 2. The summed E-state index contributed by atoms with van der Waals surface area (Å²) >= 11 is 0. The predicted molar refractivity (Wildman–Crippen MR) is 306 cm³/mol. The highest BCUT2D eigenvalue weighted by Gasteiger charge is 2.39. The van der Waals surface area contributed by atoms with E-state index in [-0.39, 0.29) is 50.6 Å². The first kappa shape index (κ1) is 71.2. The van der Waals surface area contributed by atoms with E-state index in [9.17, 15) is 62.6 Å². The SMILES string of the molecule is CC(=O)N1CCCC1C(=O)NC(C)C(=O)NC(C(=O)NC(C(=O)NC(Cc1ccccc1)C(=O)NC(C(=O)NC(C(=O)NC(CCCN=C(N)N)C(=O)NC(CCCCN)C(=O)NC(CC(N)=O)C(N)=O)C(C)O)C(C)C)C(C)C)C(C)C. The Morgan fingerprint density at radius 3 is 1.49 bits per heavy atom. The number of hydrogen-bond acceptors (Lipinski definition) is 15. The maximum Gasteiger partial charge on any atom is 0.245 e. The zero-order valence-corrected chi connectivity index (χ0v) is 49.1. The van der Waals surface area contributed by atoms with Crippen molar-refractivity contribution in [1.29, 1.82) is 0 Å². The molecule has 1 aliphatic rings. The summed E-state index contributed by atoms with van der Waals surface area (Å²) < 4.78 is 0. The number of amides is 12. The average Bonchev–Trinajstić information content (AvgIpc) is 3.91. The maximum absolute atomic E-state index is 14.4. The number of aliphatic hydroxyl groups excluding tert-OH is 1. The molecule has 1 heterocycles. The second-order valence-electron chi connectivity index (χ2n) is 21.8. The van der Waals surface area contributed by atoms with Crippen LogP contribution in [-0.2, 0) is 64.0 Å². The second-order valence-corrected chi connectivity index (χ2v) is 21.8. The summed E-state index contributed by atoms with van der Waals surface area (Å²) in [5.41, 5.74) is 27.8. The lowest BCUT2D eigenvalue weighted by Crippen LogP contribution is -2.63. The van der Waals surface area contributed by atoms with Crippen LogP contribution >= 0.6 is 0 Å². The first-order chi connectivity index (χ1) is 38.9. The van der Waals surface area contributed by atoms with Crippen LogP contribution in [0, 0.1) is 17.8 Å². The number of guanidine groups is 1. The minimum absolute atomic E-state index is 0.00717. The third kappa shape index (κ3) is 24.2. The van der Waals surface area contributed by atoms with Gasteiger partial charge in [-0.25, -0.2) is 0 Å². The zero-order valence-electron chi connectivity index (χ0n) is 49.1. The molecule has 1 aromatic carbocycles. The van der Waals surface area contributed by atoms with Gasteiger partial charge < -0.3 is 86.5 Å². The van der Waals surface area contributed by atoms with E-state index in [0.29, 0.717) is 37.8 Å². The summed E-state index contributed by atoms with van der Waals surface area (Å²) in [6, 6.07) is -4.67. The van der Waals surface area contributed by atoms with Crippen molar-refractivity contribution in [2.24, 2.45) is 51.4 Å². The lowest BCUT2D eigenvalue weighted by Gasteiger charge is -2.31. The predicted octanol–water partition coefficient (Wildman–Crippen LogP) is -4.48. The van der Waals surface area contributed by atoms with Crippen molar-refractivity contribution < 1.29 is 62.6 Å². The molecule has 0 saturated carbocycles. The summed E-state index contributed by atoms with van der Waals surface area (Å²) in [6.45, 7) is 14.4. The third-order valence-corrected chi connectivity index (χ3v) is 13.7. The number of unbranched alkanes of at least 4 members (excludes halogenated alkanes) is 1. The normalized spacial score (nSPS) is 16.7.